The molecule has 2 aliphatic heterocycles. The van der Waals surface area contributed by atoms with Gasteiger partial charge in [-0.25, -0.2) is 8.42 Å². The van der Waals surface area contributed by atoms with Crippen molar-refractivity contribution < 1.29 is 8.42 Å². The Kier molecular flexibility index (Phi) is 4.99. The van der Waals surface area contributed by atoms with Crippen LogP contribution in [0.25, 0.3) is 0 Å². The van der Waals surface area contributed by atoms with Crippen LogP contribution in [0.5, 0.6) is 0 Å². The Bertz CT molecular complexity index is 1020. The fraction of sp³-hybridized carbons (Fsp3) is 0.350. The summed E-state index contributed by atoms with van der Waals surface area (Å²) in [4.78, 5) is 6.91. The van der Waals surface area contributed by atoms with E-state index in [0.29, 0.717) is 0 Å². The molecule has 4 nitrogen and oxygen atoms in total. The van der Waals surface area contributed by atoms with E-state index in [1.807, 2.05) is 24.3 Å². The zero-order chi connectivity index (χ0) is 19.2. The topological polar surface area (TPSA) is 49.7 Å². The average molecular weight is 421 g/mol. The van der Waals surface area contributed by atoms with Gasteiger partial charge in [0.1, 0.15) is 0 Å². The predicted molar refractivity (Wildman–Crippen MR) is 115 cm³/mol. The number of fused-ring (bicyclic) bond motifs is 1. The third-order valence-corrected chi connectivity index (χ3v) is 8.11. The van der Waals surface area contributed by atoms with Crippen molar-refractivity contribution in [2.45, 2.75) is 31.7 Å². The molecule has 0 unspecified atom stereocenters. The van der Waals surface area contributed by atoms with Crippen molar-refractivity contribution in [1.29, 1.82) is 0 Å². The van der Waals surface area contributed by atoms with Crippen LogP contribution in [0, 0.1) is 13.8 Å². The highest BCUT2D eigenvalue weighted by Gasteiger charge is 2.47. The minimum atomic E-state index is -3.04. The van der Waals surface area contributed by atoms with Gasteiger partial charge < -0.3 is 4.90 Å². The Hall–Kier alpha value is -1.50. The quantitative estimate of drug-likeness (QED) is 0.745. The zero-order valence-electron chi connectivity index (χ0n) is 15.2. The standard InChI is InChI=1S/C20H21ClN2O2S2/c1-13-6-7-17(8-14(13)2)23-19-12-27(24,25)11-18(19)22-20(23)26-10-15-4-3-5-16(21)9-15/h3-9,18-19H,10-12H2,1-2H3/t18-,19-/m1/s1. The molecule has 1 saturated heterocycles. The number of aryl methyl sites for hydroxylation is 2. The molecule has 142 valence electrons. The molecule has 4 rings (SSSR count). The van der Waals surface area contributed by atoms with E-state index in [4.69, 9.17) is 16.6 Å². The number of thioether (sulfide) groups is 1. The van der Waals surface area contributed by atoms with Gasteiger partial charge in [-0.2, -0.15) is 0 Å². The second-order valence-corrected chi connectivity index (χ2v) is 10.7. The Morgan fingerprint density at radius 2 is 1.96 bits per heavy atom. The maximum atomic E-state index is 12.1. The van der Waals surface area contributed by atoms with E-state index >= 15 is 0 Å². The highest BCUT2D eigenvalue weighted by molar-refractivity contribution is 8.13. The lowest BCUT2D eigenvalue weighted by molar-refractivity contribution is 0.601. The highest BCUT2D eigenvalue weighted by Crippen LogP contribution is 2.36. The molecule has 0 radical (unpaired) electrons. The summed E-state index contributed by atoms with van der Waals surface area (Å²) in [6.07, 6.45) is 0. The zero-order valence-corrected chi connectivity index (χ0v) is 17.6. The molecule has 1 fully saturated rings. The van der Waals surface area contributed by atoms with Crippen LogP contribution in [-0.2, 0) is 15.6 Å². The van der Waals surface area contributed by atoms with Crippen LogP contribution in [0.1, 0.15) is 16.7 Å². The van der Waals surface area contributed by atoms with Crippen LogP contribution in [0.2, 0.25) is 5.02 Å². The number of benzene rings is 2. The number of sulfone groups is 1. The summed E-state index contributed by atoms with van der Waals surface area (Å²) in [5.74, 6) is 1.04. The van der Waals surface area contributed by atoms with E-state index in [1.165, 1.54) is 11.1 Å². The van der Waals surface area contributed by atoms with E-state index in [0.717, 1.165) is 27.2 Å². The van der Waals surface area contributed by atoms with Gasteiger partial charge in [0, 0.05) is 16.5 Å². The van der Waals surface area contributed by atoms with E-state index < -0.39 is 9.84 Å². The van der Waals surface area contributed by atoms with E-state index in [1.54, 1.807) is 11.8 Å². The molecule has 0 amide bonds. The molecule has 2 aromatic rings. The molecule has 2 aliphatic rings. The van der Waals surface area contributed by atoms with Gasteiger partial charge in [0.25, 0.3) is 0 Å². The van der Waals surface area contributed by atoms with E-state index in [9.17, 15) is 8.42 Å². The van der Waals surface area contributed by atoms with Gasteiger partial charge in [0.15, 0.2) is 15.0 Å². The minimum Gasteiger partial charge on any atom is -0.315 e. The number of hydrogen-bond acceptors (Lipinski definition) is 5. The summed E-state index contributed by atoms with van der Waals surface area (Å²) in [6.45, 7) is 4.16. The SMILES string of the molecule is Cc1ccc(N2C(SCc3cccc(Cl)c3)=N[C@@H]3CS(=O)(=O)C[C@H]32)cc1C. The summed E-state index contributed by atoms with van der Waals surface area (Å²) >= 11 is 7.73. The predicted octanol–water partition coefficient (Wildman–Crippen LogP) is 4.23. The molecule has 2 atom stereocenters. The van der Waals surface area contributed by atoms with Crippen molar-refractivity contribution in [3.63, 3.8) is 0 Å². The van der Waals surface area contributed by atoms with Crippen LogP contribution in [0.3, 0.4) is 0 Å². The van der Waals surface area contributed by atoms with Gasteiger partial charge in [-0.3, -0.25) is 4.99 Å². The van der Waals surface area contributed by atoms with Crippen molar-refractivity contribution in [2.75, 3.05) is 16.4 Å². The molecule has 0 N–H and O–H groups in total. The van der Waals surface area contributed by atoms with Crippen molar-refractivity contribution >= 4 is 44.1 Å². The highest BCUT2D eigenvalue weighted by atomic mass is 35.5. The fourth-order valence-corrected chi connectivity index (χ4v) is 6.71. The number of amidine groups is 1. The molecule has 0 spiro atoms. The van der Waals surface area contributed by atoms with Crippen LogP contribution in [0.4, 0.5) is 5.69 Å². The molecule has 0 saturated carbocycles. The van der Waals surface area contributed by atoms with E-state index in [2.05, 4.69) is 36.9 Å². The first-order chi connectivity index (χ1) is 12.8. The number of anilines is 1. The third kappa shape index (κ3) is 3.89. The number of nitrogens with zero attached hydrogens (tertiary/aromatic N) is 2. The summed E-state index contributed by atoms with van der Waals surface area (Å²) < 4.78 is 24.3. The number of halogens is 1. The summed E-state index contributed by atoms with van der Waals surface area (Å²) in [7, 11) is -3.04. The lowest BCUT2D eigenvalue weighted by atomic mass is 10.1. The second-order valence-electron chi connectivity index (χ2n) is 7.18. The van der Waals surface area contributed by atoms with Crippen LogP contribution in [-0.4, -0.2) is 37.2 Å². The lowest BCUT2D eigenvalue weighted by Gasteiger charge is -2.27. The smallest absolute Gasteiger partial charge is 0.164 e. The Morgan fingerprint density at radius 3 is 2.70 bits per heavy atom. The van der Waals surface area contributed by atoms with Crippen LogP contribution in [0.15, 0.2) is 47.5 Å². The van der Waals surface area contributed by atoms with Gasteiger partial charge in [-0.1, -0.05) is 41.6 Å². The monoisotopic (exact) mass is 420 g/mol. The Morgan fingerprint density at radius 1 is 1.15 bits per heavy atom. The normalized spacial score (nSPS) is 23.4. The third-order valence-electron chi connectivity index (χ3n) is 5.13. The van der Waals surface area contributed by atoms with Gasteiger partial charge in [0.05, 0.1) is 23.6 Å². The number of aliphatic imine (C=N–C) groups is 1. The first-order valence-electron chi connectivity index (χ1n) is 8.84. The first-order valence-corrected chi connectivity index (χ1v) is 12.0. The Labute approximate surface area is 169 Å². The fourth-order valence-electron chi connectivity index (χ4n) is 3.59. The second kappa shape index (κ2) is 7.15. The van der Waals surface area contributed by atoms with Crippen molar-refractivity contribution in [3.8, 4) is 0 Å². The molecular weight excluding hydrogens is 400 g/mol. The molecule has 2 aromatic carbocycles. The maximum absolute atomic E-state index is 12.1. The molecule has 27 heavy (non-hydrogen) atoms. The van der Waals surface area contributed by atoms with Crippen molar-refractivity contribution in [2.24, 2.45) is 4.99 Å². The van der Waals surface area contributed by atoms with Gasteiger partial charge in [-0.05, 0) is 54.8 Å². The lowest BCUT2D eigenvalue weighted by Crippen LogP contribution is -2.39. The molecule has 0 bridgehead atoms. The summed E-state index contributed by atoms with van der Waals surface area (Å²) in [5.41, 5.74) is 4.55. The molecular formula is C20H21ClN2O2S2. The first kappa shape index (κ1) is 18.8. The van der Waals surface area contributed by atoms with Crippen LogP contribution >= 0.6 is 23.4 Å². The molecule has 0 aliphatic carbocycles. The number of hydrogen-bond donors (Lipinski definition) is 0. The number of rotatable bonds is 3. The van der Waals surface area contributed by atoms with Gasteiger partial charge in [0.2, 0.25) is 0 Å². The van der Waals surface area contributed by atoms with E-state index in [-0.39, 0.29) is 23.6 Å². The van der Waals surface area contributed by atoms with Crippen LogP contribution < -0.4 is 4.90 Å². The van der Waals surface area contributed by atoms with Gasteiger partial charge >= 0.3 is 0 Å². The van der Waals surface area contributed by atoms with Crippen molar-refractivity contribution in [3.05, 3.63) is 64.2 Å². The molecule has 7 heteroatoms. The minimum absolute atomic E-state index is 0.112. The Balaban J connectivity index is 1.64. The summed E-state index contributed by atoms with van der Waals surface area (Å²) in [6, 6.07) is 13.8. The maximum Gasteiger partial charge on any atom is 0.164 e. The molecule has 2 heterocycles. The summed E-state index contributed by atoms with van der Waals surface area (Å²) in [5, 5.41) is 1.61. The van der Waals surface area contributed by atoms with Crippen molar-refractivity contribution in [1.82, 2.24) is 0 Å². The largest absolute Gasteiger partial charge is 0.315 e. The average Bonchev–Trinajstić information content (AvgIpc) is 3.07. The van der Waals surface area contributed by atoms with Gasteiger partial charge in [-0.15, -0.1) is 0 Å². The molecule has 0 aromatic heterocycles.